The van der Waals surface area contributed by atoms with Crippen LogP contribution in [0.5, 0.6) is 0 Å². The van der Waals surface area contributed by atoms with Crippen LogP contribution in [-0.2, 0) is 0 Å². The lowest BCUT2D eigenvalue weighted by Crippen LogP contribution is -2.43. The van der Waals surface area contributed by atoms with Gasteiger partial charge in [0.2, 0.25) is 0 Å². The van der Waals surface area contributed by atoms with Crippen LogP contribution in [0.4, 0.5) is 0 Å². The quantitative estimate of drug-likeness (QED) is 0.574. The smallest absolute Gasteiger partial charge is 0.0632 e. The Labute approximate surface area is 174 Å². The van der Waals surface area contributed by atoms with Crippen molar-refractivity contribution in [3.8, 4) is 0 Å². The number of hydrogen-bond donors (Lipinski definition) is 0. The van der Waals surface area contributed by atoms with E-state index in [1.165, 1.54) is 39.4 Å². The molecule has 0 bridgehead atoms. The lowest BCUT2D eigenvalue weighted by Gasteiger charge is -2.23. The maximum Gasteiger partial charge on any atom is 0.107 e. The largest absolute Gasteiger partial charge is 0.107 e. The van der Waals surface area contributed by atoms with Crippen LogP contribution in [0.15, 0.2) is 52.6 Å². The summed E-state index contributed by atoms with van der Waals surface area (Å²) in [4.78, 5) is 0. The molecule has 0 nitrogen and oxygen atoms in total. The van der Waals surface area contributed by atoms with Crippen molar-refractivity contribution >= 4 is 19.2 Å². The highest BCUT2D eigenvalue weighted by atomic mass is 28.3. The molecule has 0 saturated heterocycles. The third-order valence-corrected chi connectivity index (χ3v) is 10.4. The number of benzene rings is 2. The van der Waals surface area contributed by atoms with Crippen LogP contribution in [0.2, 0.25) is 6.04 Å². The standard InChI is InChI=1S/C27H36Si/c1-16-10-17(2)12-25(11-16)28(26-13-18(3)20(5)19(4)14-26)15-27-23(8)21(6)22(7)24(27)9/h10-14,23,28H,15H2,1-9H3. The minimum Gasteiger partial charge on any atom is -0.0632 e. The van der Waals surface area contributed by atoms with Crippen LogP contribution in [-0.4, -0.2) is 8.80 Å². The van der Waals surface area contributed by atoms with E-state index in [9.17, 15) is 0 Å². The first-order valence-electron chi connectivity index (χ1n) is 10.6. The van der Waals surface area contributed by atoms with Crippen molar-refractivity contribution in [3.63, 3.8) is 0 Å². The molecule has 2 aromatic rings. The molecule has 0 saturated carbocycles. The monoisotopic (exact) mass is 388 g/mol. The minimum atomic E-state index is -1.35. The van der Waals surface area contributed by atoms with Gasteiger partial charge in [0, 0.05) is 0 Å². The molecule has 1 aliphatic carbocycles. The van der Waals surface area contributed by atoms with Crippen LogP contribution in [0.3, 0.4) is 0 Å². The van der Waals surface area contributed by atoms with E-state index in [0.29, 0.717) is 5.92 Å². The highest BCUT2D eigenvalue weighted by molar-refractivity contribution is 6.85. The summed E-state index contributed by atoms with van der Waals surface area (Å²) in [6, 6.07) is 13.4. The summed E-state index contributed by atoms with van der Waals surface area (Å²) in [6.45, 7) is 20.7. The first-order chi connectivity index (χ1) is 13.1. The van der Waals surface area contributed by atoms with E-state index in [1.807, 2.05) is 0 Å². The molecule has 0 N–H and O–H groups in total. The van der Waals surface area contributed by atoms with Crippen LogP contribution in [0.1, 0.15) is 55.5 Å². The van der Waals surface area contributed by atoms with Gasteiger partial charge in [-0.15, -0.1) is 0 Å². The van der Waals surface area contributed by atoms with E-state index in [4.69, 9.17) is 0 Å². The van der Waals surface area contributed by atoms with Crippen molar-refractivity contribution in [1.29, 1.82) is 0 Å². The van der Waals surface area contributed by atoms with E-state index >= 15 is 0 Å². The zero-order valence-electron chi connectivity index (χ0n) is 19.2. The molecule has 2 unspecified atom stereocenters. The Morgan fingerprint density at radius 2 is 1.18 bits per heavy atom. The Morgan fingerprint density at radius 1 is 0.679 bits per heavy atom. The molecule has 0 radical (unpaired) electrons. The summed E-state index contributed by atoms with van der Waals surface area (Å²) >= 11 is 0. The van der Waals surface area contributed by atoms with Crippen molar-refractivity contribution in [2.24, 2.45) is 5.92 Å². The maximum absolute atomic E-state index is 2.49. The fourth-order valence-electron chi connectivity index (χ4n) is 4.91. The molecule has 1 aliphatic rings. The van der Waals surface area contributed by atoms with Gasteiger partial charge in [0.1, 0.15) is 8.80 Å². The third-order valence-electron chi connectivity index (χ3n) is 7.23. The van der Waals surface area contributed by atoms with Crippen molar-refractivity contribution in [3.05, 3.63) is 80.4 Å². The van der Waals surface area contributed by atoms with Crippen molar-refractivity contribution in [2.45, 2.75) is 68.4 Å². The summed E-state index contributed by atoms with van der Waals surface area (Å²) in [6.07, 6.45) is 0. The van der Waals surface area contributed by atoms with Crippen molar-refractivity contribution < 1.29 is 0 Å². The fraction of sp³-hybridized carbons (Fsp3) is 0.407. The van der Waals surface area contributed by atoms with Gasteiger partial charge in [-0.25, -0.2) is 0 Å². The van der Waals surface area contributed by atoms with Gasteiger partial charge < -0.3 is 0 Å². The van der Waals surface area contributed by atoms with E-state index in [0.717, 1.165) is 0 Å². The molecule has 3 rings (SSSR count). The second-order valence-electron chi connectivity index (χ2n) is 9.14. The molecule has 2 atom stereocenters. The van der Waals surface area contributed by atoms with Gasteiger partial charge in [0.15, 0.2) is 0 Å². The predicted octanol–water partition coefficient (Wildman–Crippen LogP) is 5.87. The van der Waals surface area contributed by atoms with Gasteiger partial charge in [-0.2, -0.15) is 0 Å². The molecule has 0 heterocycles. The topological polar surface area (TPSA) is 0 Å². The summed E-state index contributed by atoms with van der Waals surface area (Å²) in [7, 11) is -1.35. The summed E-state index contributed by atoms with van der Waals surface area (Å²) < 4.78 is 0. The summed E-state index contributed by atoms with van der Waals surface area (Å²) in [5.41, 5.74) is 13.4. The van der Waals surface area contributed by atoms with Crippen LogP contribution in [0, 0.1) is 40.5 Å². The molecule has 0 amide bonds. The molecule has 0 fully saturated rings. The molecule has 1 heteroatoms. The molecule has 148 valence electrons. The first-order valence-corrected chi connectivity index (χ1v) is 12.6. The summed E-state index contributed by atoms with van der Waals surface area (Å²) in [5.74, 6) is 0.591. The average molecular weight is 389 g/mol. The highest BCUT2D eigenvalue weighted by Gasteiger charge is 2.28. The predicted molar refractivity (Wildman–Crippen MR) is 128 cm³/mol. The Morgan fingerprint density at radius 3 is 1.64 bits per heavy atom. The molecule has 2 aromatic carbocycles. The van der Waals surface area contributed by atoms with Crippen LogP contribution >= 0.6 is 0 Å². The van der Waals surface area contributed by atoms with Crippen molar-refractivity contribution in [2.75, 3.05) is 0 Å². The molecule has 0 aliphatic heterocycles. The Bertz CT molecular complexity index is 944. The van der Waals surface area contributed by atoms with Gasteiger partial charge in [-0.05, 0) is 95.2 Å². The van der Waals surface area contributed by atoms with E-state index in [1.54, 1.807) is 27.1 Å². The van der Waals surface area contributed by atoms with E-state index in [-0.39, 0.29) is 0 Å². The Kier molecular flexibility index (Phi) is 5.86. The number of rotatable bonds is 4. The average Bonchev–Trinajstić information content (AvgIpc) is 2.80. The van der Waals surface area contributed by atoms with Gasteiger partial charge in [0.25, 0.3) is 0 Å². The second-order valence-corrected chi connectivity index (χ2v) is 12.0. The zero-order valence-corrected chi connectivity index (χ0v) is 20.4. The Balaban J connectivity index is 2.14. The Hall–Kier alpha value is -1.86. The number of aryl methyl sites for hydroxylation is 4. The number of hydrogen-bond acceptors (Lipinski definition) is 0. The third kappa shape index (κ3) is 3.82. The minimum absolute atomic E-state index is 0.591. The lowest BCUT2D eigenvalue weighted by molar-refractivity contribution is 0.812. The van der Waals surface area contributed by atoms with Gasteiger partial charge in [0.05, 0.1) is 0 Å². The molecule has 28 heavy (non-hydrogen) atoms. The normalized spacial score (nSPS) is 18.2. The van der Waals surface area contributed by atoms with Crippen LogP contribution < -0.4 is 10.4 Å². The van der Waals surface area contributed by atoms with Crippen LogP contribution in [0.25, 0.3) is 0 Å². The first kappa shape index (κ1) is 20.9. The zero-order chi connectivity index (χ0) is 20.7. The van der Waals surface area contributed by atoms with Gasteiger partial charge in [-0.1, -0.05) is 69.9 Å². The maximum atomic E-state index is 2.49. The summed E-state index contributed by atoms with van der Waals surface area (Å²) in [5, 5.41) is 3.19. The molecule has 0 spiro atoms. The molecule has 0 aromatic heterocycles. The van der Waals surface area contributed by atoms with Gasteiger partial charge in [-0.3, -0.25) is 0 Å². The fourth-order valence-corrected chi connectivity index (χ4v) is 8.69. The molecular weight excluding hydrogens is 352 g/mol. The van der Waals surface area contributed by atoms with E-state index in [2.05, 4.69) is 92.6 Å². The highest BCUT2D eigenvalue weighted by Crippen LogP contribution is 2.39. The van der Waals surface area contributed by atoms with Crippen molar-refractivity contribution in [1.82, 2.24) is 0 Å². The van der Waals surface area contributed by atoms with Gasteiger partial charge >= 0.3 is 0 Å². The van der Waals surface area contributed by atoms with E-state index < -0.39 is 8.80 Å². The lowest BCUT2D eigenvalue weighted by atomic mass is 10.00. The number of allylic oxidation sites excluding steroid dienone is 4. The second kappa shape index (κ2) is 7.87. The molecular formula is C27H36Si. The SMILES string of the molecule is CC1=C(C)C(C)C(C[SiH](c2cc(C)cc(C)c2)c2cc(C)c(C)c(C)c2)=C1C.